The van der Waals surface area contributed by atoms with Gasteiger partial charge in [-0.3, -0.25) is 0 Å². The molecule has 0 spiro atoms. The number of aromatic nitrogens is 2. The highest BCUT2D eigenvalue weighted by Crippen LogP contribution is 2.24. The maximum Gasteiger partial charge on any atom is 0.138 e. The van der Waals surface area contributed by atoms with Crippen LogP contribution in [0.1, 0.15) is 13.3 Å². The molecule has 80 valence electrons. The van der Waals surface area contributed by atoms with Gasteiger partial charge in [-0.15, -0.1) is 11.3 Å². The second-order valence-corrected chi connectivity index (χ2v) is 4.24. The normalized spacial score (nSPS) is 12.9. The molecule has 1 unspecified atom stereocenters. The van der Waals surface area contributed by atoms with Gasteiger partial charge < -0.3 is 11.1 Å². The number of hydrogen-bond acceptors (Lipinski definition) is 5. The van der Waals surface area contributed by atoms with Crippen molar-refractivity contribution in [2.75, 3.05) is 11.9 Å². The Labute approximate surface area is 92.5 Å². The number of thiophene rings is 1. The van der Waals surface area contributed by atoms with Gasteiger partial charge in [-0.2, -0.15) is 0 Å². The van der Waals surface area contributed by atoms with Gasteiger partial charge in [0, 0.05) is 12.6 Å². The highest BCUT2D eigenvalue weighted by atomic mass is 32.1. The first-order chi connectivity index (χ1) is 7.35. The summed E-state index contributed by atoms with van der Waals surface area (Å²) in [5.74, 6) is 0.888. The van der Waals surface area contributed by atoms with Crippen LogP contribution in [0.25, 0.3) is 10.2 Å². The first-order valence-corrected chi connectivity index (χ1v) is 5.88. The largest absolute Gasteiger partial charge is 0.365 e. The number of anilines is 1. The van der Waals surface area contributed by atoms with Crippen LogP contribution >= 0.6 is 11.3 Å². The zero-order valence-corrected chi connectivity index (χ0v) is 9.42. The van der Waals surface area contributed by atoms with Crippen LogP contribution in [0, 0.1) is 0 Å². The fourth-order valence-corrected chi connectivity index (χ4v) is 2.16. The summed E-state index contributed by atoms with van der Waals surface area (Å²) in [6.07, 6.45) is 2.58. The highest BCUT2D eigenvalue weighted by molar-refractivity contribution is 7.16. The summed E-state index contributed by atoms with van der Waals surface area (Å²) >= 11 is 1.62. The van der Waals surface area contributed by atoms with Gasteiger partial charge in [0.25, 0.3) is 0 Å². The molecule has 4 nitrogen and oxygen atoms in total. The summed E-state index contributed by atoms with van der Waals surface area (Å²) in [6, 6.07) is 2.31. The predicted octanol–water partition coefficient (Wildman–Crippen LogP) is 1.84. The van der Waals surface area contributed by atoms with Gasteiger partial charge in [-0.25, -0.2) is 9.97 Å². The Morgan fingerprint density at radius 2 is 2.40 bits per heavy atom. The molecule has 0 aliphatic carbocycles. The Morgan fingerprint density at radius 3 is 3.13 bits per heavy atom. The lowest BCUT2D eigenvalue weighted by Gasteiger charge is -2.15. The van der Waals surface area contributed by atoms with E-state index in [-0.39, 0.29) is 6.04 Å². The van der Waals surface area contributed by atoms with Crippen LogP contribution in [-0.4, -0.2) is 22.6 Å². The Hall–Kier alpha value is -1.20. The van der Waals surface area contributed by atoms with E-state index in [1.54, 1.807) is 17.7 Å². The maximum absolute atomic E-state index is 5.65. The molecule has 0 radical (unpaired) electrons. The number of nitrogens with one attached hydrogen (secondary N) is 1. The van der Waals surface area contributed by atoms with E-state index in [1.807, 2.05) is 11.4 Å². The van der Waals surface area contributed by atoms with E-state index in [0.29, 0.717) is 6.54 Å². The van der Waals surface area contributed by atoms with E-state index in [4.69, 9.17) is 5.73 Å². The average molecular weight is 222 g/mol. The minimum absolute atomic E-state index is 0.281. The van der Waals surface area contributed by atoms with Gasteiger partial charge >= 0.3 is 0 Å². The molecule has 0 fully saturated rings. The van der Waals surface area contributed by atoms with E-state index in [1.165, 1.54) is 0 Å². The third-order valence-corrected chi connectivity index (χ3v) is 3.20. The van der Waals surface area contributed by atoms with E-state index < -0.39 is 0 Å². The Morgan fingerprint density at radius 1 is 1.53 bits per heavy atom. The zero-order chi connectivity index (χ0) is 10.7. The SMILES string of the molecule is CCC(CN)Nc1ncnc2sccc12. The van der Waals surface area contributed by atoms with E-state index in [9.17, 15) is 0 Å². The summed E-state index contributed by atoms with van der Waals surface area (Å²) in [6.45, 7) is 2.72. The predicted molar refractivity (Wildman–Crippen MR) is 64.2 cm³/mol. The lowest BCUT2D eigenvalue weighted by Crippen LogP contribution is -2.28. The molecule has 2 heterocycles. The topological polar surface area (TPSA) is 63.8 Å². The number of fused-ring (bicyclic) bond motifs is 1. The molecule has 15 heavy (non-hydrogen) atoms. The number of nitrogens with two attached hydrogens (primary N) is 1. The van der Waals surface area contributed by atoms with Crippen molar-refractivity contribution in [3.05, 3.63) is 17.8 Å². The molecule has 1 atom stereocenters. The third kappa shape index (κ3) is 2.08. The van der Waals surface area contributed by atoms with Crippen LogP contribution < -0.4 is 11.1 Å². The van der Waals surface area contributed by atoms with Crippen LogP contribution in [0.3, 0.4) is 0 Å². The molecule has 0 aliphatic heterocycles. The molecule has 0 bridgehead atoms. The molecule has 2 rings (SSSR count). The molecule has 2 aromatic heterocycles. The smallest absolute Gasteiger partial charge is 0.138 e. The summed E-state index contributed by atoms with van der Waals surface area (Å²) in [5.41, 5.74) is 5.65. The minimum Gasteiger partial charge on any atom is -0.365 e. The zero-order valence-electron chi connectivity index (χ0n) is 8.60. The molecule has 0 amide bonds. The number of nitrogens with zero attached hydrogens (tertiary/aromatic N) is 2. The Kier molecular flexibility index (Phi) is 3.13. The lowest BCUT2D eigenvalue weighted by atomic mass is 10.2. The van der Waals surface area contributed by atoms with Gasteiger partial charge in [0.1, 0.15) is 17.0 Å². The van der Waals surface area contributed by atoms with Gasteiger partial charge in [0.2, 0.25) is 0 Å². The van der Waals surface area contributed by atoms with Crippen molar-refractivity contribution < 1.29 is 0 Å². The van der Waals surface area contributed by atoms with Crippen molar-refractivity contribution in [3.63, 3.8) is 0 Å². The number of rotatable bonds is 4. The van der Waals surface area contributed by atoms with Crippen molar-refractivity contribution in [1.82, 2.24) is 9.97 Å². The fourth-order valence-electron chi connectivity index (χ4n) is 1.43. The van der Waals surface area contributed by atoms with Crippen LogP contribution in [-0.2, 0) is 0 Å². The molecule has 0 aromatic carbocycles. The molecule has 0 aliphatic rings. The van der Waals surface area contributed by atoms with Crippen LogP contribution in [0.2, 0.25) is 0 Å². The van der Waals surface area contributed by atoms with Crippen molar-refractivity contribution in [2.45, 2.75) is 19.4 Å². The molecule has 0 saturated carbocycles. The molecular weight excluding hydrogens is 208 g/mol. The first kappa shape index (κ1) is 10.3. The molecule has 0 saturated heterocycles. The highest BCUT2D eigenvalue weighted by Gasteiger charge is 2.08. The molecule has 5 heteroatoms. The monoisotopic (exact) mass is 222 g/mol. The molecule has 2 aromatic rings. The maximum atomic E-state index is 5.65. The fraction of sp³-hybridized carbons (Fsp3) is 0.400. The Bertz CT molecular complexity index is 436. The van der Waals surface area contributed by atoms with Crippen molar-refractivity contribution >= 4 is 27.4 Å². The summed E-state index contributed by atoms with van der Waals surface area (Å²) in [5, 5.41) is 6.44. The lowest BCUT2D eigenvalue weighted by molar-refractivity contribution is 0.701. The summed E-state index contributed by atoms with van der Waals surface area (Å²) in [7, 11) is 0. The standard InChI is InChI=1S/C10H14N4S/c1-2-7(5-11)14-9-8-3-4-15-10(8)13-6-12-9/h3-4,6-7H,2,5,11H2,1H3,(H,12,13,14). The first-order valence-electron chi connectivity index (χ1n) is 5.00. The Balaban J connectivity index is 2.30. The van der Waals surface area contributed by atoms with Crippen LogP contribution in [0.15, 0.2) is 17.8 Å². The van der Waals surface area contributed by atoms with E-state index >= 15 is 0 Å². The second kappa shape index (κ2) is 4.55. The van der Waals surface area contributed by atoms with Crippen molar-refractivity contribution in [3.8, 4) is 0 Å². The summed E-state index contributed by atoms with van der Waals surface area (Å²) in [4.78, 5) is 9.45. The van der Waals surface area contributed by atoms with Gasteiger partial charge in [-0.1, -0.05) is 6.92 Å². The molecule has 3 N–H and O–H groups in total. The van der Waals surface area contributed by atoms with Crippen molar-refractivity contribution in [2.24, 2.45) is 5.73 Å². The van der Waals surface area contributed by atoms with Gasteiger partial charge in [0.05, 0.1) is 5.39 Å². The second-order valence-electron chi connectivity index (χ2n) is 3.35. The van der Waals surface area contributed by atoms with Crippen LogP contribution in [0.4, 0.5) is 5.82 Å². The minimum atomic E-state index is 0.281. The van der Waals surface area contributed by atoms with Crippen LogP contribution in [0.5, 0.6) is 0 Å². The molecular formula is C10H14N4S. The van der Waals surface area contributed by atoms with Gasteiger partial charge in [0.15, 0.2) is 0 Å². The van der Waals surface area contributed by atoms with Gasteiger partial charge in [-0.05, 0) is 17.9 Å². The quantitative estimate of drug-likeness (QED) is 0.828. The number of hydrogen-bond donors (Lipinski definition) is 2. The summed E-state index contributed by atoms with van der Waals surface area (Å²) < 4.78 is 0. The van der Waals surface area contributed by atoms with E-state index in [2.05, 4.69) is 22.2 Å². The average Bonchev–Trinajstić information content (AvgIpc) is 2.74. The van der Waals surface area contributed by atoms with E-state index in [0.717, 1.165) is 22.5 Å². The van der Waals surface area contributed by atoms with Crippen molar-refractivity contribution in [1.29, 1.82) is 0 Å². The third-order valence-electron chi connectivity index (χ3n) is 2.38.